The van der Waals surface area contributed by atoms with E-state index in [2.05, 4.69) is 4.72 Å². The van der Waals surface area contributed by atoms with Gasteiger partial charge in [0.2, 0.25) is 20.0 Å². The van der Waals surface area contributed by atoms with Crippen LogP contribution in [-0.4, -0.2) is 46.5 Å². The maximum absolute atomic E-state index is 12.0. The van der Waals surface area contributed by atoms with Crippen LogP contribution in [0.5, 0.6) is 0 Å². The van der Waals surface area contributed by atoms with Gasteiger partial charge < -0.3 is 0 Å². The number of nitrogens with one attached hydrogen (secondary N) is 1. The van der Waals surface area contributed by atoms with Gasteiger partial charge in [-0.15, -0.1) is 0 Å². The van der Waals surface area contributed by atoms with E-state index < -0.39 is 20.0 Å². The Hall–Kier alpha value is -0.670. The molecule has 1 aliphatic heterocycles. The zero-order chi connectivity index (χ0) is 14.8. The van der Waals surface area contributed by atoms with E-state index in [1.165, 1.54) is 16.4 Å². The van der Waals surface area contributed by atoms with E-state index >= 15 is 0 Å². The lowest BCUT2D eigenvalue weighted by Crippen LogP contribution is -2.35. The fourth-order valence-electron chi connectivity index (χ4n) is 1.96. The molecule has 0 aliphatic carbocycles. The highest BCUT2D eigenvalue weighted by Crippen LogP contribution is 2.15. The van der Waals surface area contributed by atoms with Crippen molar-refractivity contribution in [3.63, 3.8) is 0 Å². The number of nitrogens with zero attached hydrogens (tertiary/aromatic N) is 1. The molecule has 0 radical (unpaired) electrons. The summed E-state index contributed by atoms with van der Waals surface area (Å²) in [4.78, 5) is 0.0641. The molecular formula is C11H15ClN2O4S2. The fraction of sp³-hybridized carbons (Fsp3) is 0.455. The third-order valence-corrected chi connectivity index (χ3v) is 6.61. The Morgan fingerprint density at radius 2 is 2.10 bits per heavy atom. The molecule has 6 nitrogen and oxygen atoms in total. The van der Waals surface area contributed by atoms with Crippen LogP contribution in [0.2, 0.25) is 5.02 Å². The highest BCUT2D eigenvalue weighted by Gasteiger charge is 2.27. The molecule has 1 aromatic carbocycles. The zero-order valence-corrected chi connectivity index (χ0v) is 13.0. The average Bonchev–Trinajstić information content (AvgIpc) is 2.69. The van der Waals surface area contributed by atoms with Crippen molar-refractivity contribution in [2.45, 2.75) is 11.3 Å². The largest absolute Gasteiger partial charge is 0.240 e. The molecule has 0 atom stereocenters. The molecular weight excluding hydrogens is 324 g/mol. The number of hydrogen-bond donors (Lipinski definition) is 1. The maximum atomic E-state index is 12.0. The monoisotopic (exact) mass is 338 g/mol. The molecule has 0 bridgehead atoms. The van der Waals surface area contributed by atoms with E-state index in [0.717, 1.165) is 0 Å². The summed E-state index contributed by atoms with van der Waals surface area (Å²) in [6.07, 6.45) is 0.587. The van der Waals surface area contributed by atoms with Gasteiger partial charge in [-0.25, -0.2) is 25.9 Å². The quantitative estimate of drug-likeness (QED) is 0.854. The summed E-state index contributed by atoms with van der Waals surface area (Å²) in [7, 11) is -6.87. The Morgan fingerprint density at radius 1 is 1.35 bits per heavy atom. The van der Waals surface area contributed by atoms with Crippen molar-refractivity contribution in [3.8, 4) is 0 Å². The van der Waals surface area contributed by atoms with Crippen molar-refractivity contribution in [1.82, 2.24) is 9.03 Å². The Balaban J connectivity index is 1.97. The molecule has 1 heterocycles. The first-order valence-corrected chi connectivity index (χ1v) is 9.51. The third kappa shape index (κ3) is 3.70. The van der Waals surface area contributed by atoms with Crippen molar-refractivity contribution in [3.05, 3.63) is 29.3 Å². The second kappa shape index (κ2) is 5.98. The van der Waals surface area contributed by atoms with Crippen LogP contribution in [0.1, 0.15) is 6.42 Å². The summed E-state index contributed by atoms with van der Waals surface area (Å²) >= 11 is 5.75. The summed E-state index contributed by atoms with van der Waals surface area (Å²) in [6.45, 7) is 0.622. The second-order valence-electron chi connectivity index (χ2n) is 4.42. The summed E-state index contributed by atoms with van der Waals surface area (Å²) in [5.41, 5.74) is 0. The van der Waals surface area contributed by atoms with Gasteiger partial charge in [0.05, 0.1) is 10.6 Å². The minimum atomic E-state index is -3.67. The Labute approximate surface area is 123 Å². The van der Waals surface area contributed by atoms with Crippen LogP contribution in [0, 0.1) is 0 Å². The molecule has 112 valence electrons. The third-order valence-electron chi connectivity index (χ3n) is 2.96. The van der Waals surface area contributed by atoms with Crippen molar-refractivity contribution in [1.29, 1.82) is 0 Å². The first-order chi connectivity index (χ1) is 9.31. The number of sulfonamides is 2. The Morgan fingerprint density at radius 3 is 2.70 bits per heavy atom. The highest BCUT2D eigenvalue weighted by atomic mass is 35.5. The molecule has 9 heteroatoms. The summed E-state index contributed by atoms with van der Waals surface area (Å²) < 4.78 is 50.8. The molecule has 0 amide bonds. The number of benzene rings is 1. The molecule has 0 saturated carbocycles. The lowest BCUT2D eigenvalue weighted by atomic mass is 10.4. The van der Waals surface area contributed by atoms with Crippen molar-refractivity contribution in [2.24, 2.45) is 0 Å². The maximum Gasteiger partial charge on any atom is 0.240 e. The number of hydrogen-bond acceptors (Lipinski definition) is 4. The number of halogens is 1. The van der Waals surface area contributed by atoms with E-state index in [4.69, 9.17) is 11.6 Å². The van der Waals surface area contributed by atoms with Gasteiger partial charge in [-0.2, -0.15) is 0 Å². The zero-order valence-electron chi connectivity index (χ0n) is 10.6. The van der Waals surface area contributed by atoms with E-state index in [1.54, 1.807) is 12.1 Å². The minimum Gasteiger partial charge on any atom is -0.212 e. The highest BCUT2D eigenvalue weighted by molar-refractivity contribution is 7.89. The van der Waals surface area contributed by atoms with Crippen LogP contribution in [-0.2, 0) is 20.0 Å². The first-order valence-electron chi connectivity index (χ1n) is 6.04. The van der Waals surface area contributed by atoms with Crippen LogP contribution in [0.15, 0.2) is 29.2 Å². The van der Waals surface area contributed by atoms with E-state index in [1.807, 2.05) is 0 Å². The van der Waals surface area contributed by atoms with Crippen molar-refractivity contribution < 1.29 is 16.8 Å². The molecule has 1 fully saturated rings. The van der Waals surface area contributed by atoms with Crippen LogP contribution in [0.3, 0.4) is 0 Å². The molecule has 1 N–H and O–H groups in total. The van der Waals surface area contributed by atoms with Gasteiger partial charge in [0, 0.05) is 24.7 Å². The smallest absolute Gasteiger partial charge is 0.212 e. The van der Waals surface area contributed by atoms with Gasteiger partial charge in [0.15, 0.2) is 0 Å². The van der Waals surface area contributed by atoms with Gasteiger partial charge in [0.25, 0.3) is 0 Å². The lowest BCUT2D eigenvalue weighted by molar-refractivity contribution is 0.444. The van der Waals surface area contributed by atoms with Crippen molar-refractivity contribution in [2.75, 3.05) is 25.4 Å². The molecule has 1 aliphatic rings. The molecule has 0 spiro atoms. The van der Waals surface area contributed by atoms with Crippen LogP contribution < -0.4 is 4.72 Å². The van der Waals surface area contributed by atoms with E-state index in [9.17, 15) is 16.8 Å². The van der Waals surface area contributed by atoms with Gasteiger partial charge in [-0.05, 0) is 24.6 Å². The minimum absolute atomic E-state index is 0.0358. The predicted octanol–water partition coefficient (Wildman–Crippen LogP) is 0.654. The lowest BCUT2D eigenvalue weighted by Gasteiger charge is -2.14. The fourth-order valence-corrected chi connectivity index (χ4v) is 4.81. The first kappa shape index (κ1) is 15.7. The Kier molecular flexibility index (Phi) is 4.70. The normalized spacial score (nSPS) is 19.2. The predicted molar refractivity (Wildman–Crippen MR) is 76.6 cm³/mol. The van der Waals surface area contributed by atoms with Crippen LogP contribution in [0.25, 0.3) is 0 Å². The summed E-state index contributed by atoms with van der Waals surface area (Å²) in [5, 5.41) is 0.329. The van der Waals surface area contributed by atoms with E-state index in [0.29, 0.717) is 18.0 Å². The molecule has 2 rings (SSSR count). The summed E-state index contributed by atoms with van der Waals surface area (Å²) in [5.74, 6) is 0.133. The van der Waals surface area contributed by atoms with Crippen molar-refractivity contribution >= 4 is 31.6 Å². The van der Waals surface area contributed by atoms with E-state index in [-0.39, 0.29) is 23.7 Å². The number of rotatable bonds is 5. The molecule has 20 heavy (non-hydrogen) atoms. The van der Waals surface area contributed by atoms with Gasteiger partial charge in [-0.1, -0.05) is 17.7 Å². The second-order valence-corrected chi connectivity index (χ2v) is 8.72. The van der Waals surface area contributed by atoms with Crippen LogP contribution >= 0.6 is 11.6 Å². The van der Waals surface area contributed by atoms with Gasteiger partial charge >= 0.3 is 0 Å². The standard InChI is InChI=1S/C11H15ClN2O4S2/c12-10-3-1-4-11(9-10)20(17,18)13-5-7-14-6-2-8-19(14,15)16/h1,3-4,9,13H,2,5-8H2. The molecule has 1 aromatic rings. The summed E-state index contributed by atoms with van der Waals surface area (Å²) in [6, 6.07) is 5.90. The Bertz CT molecular complexity index is 688. The molecule has 1 saturated heterocycles. The molecule has 0 unspecified atom stereocenters. The SMILES string of the molecule is O=S(=O)(NCCN1CCCS1(=O)=O)c1cccc(Cl)c1. The van der Waals surface area contributed by atoms with Crippen LogP contribution in [0.4, 0.5) is 0 Å². The van der Waals surface area contributed by atoms with Gasteiger partial charge in [0.1, 0.15) is 0 Å². The average molecular weight is 339 g/mol. The van der Waals surface area contributed by atoms with Gasteiger partial charge in [-0.3, -0.25) is 0 Å². The topological polar surface area (TPSA) is 83.6 Å². The molecule has 0 aromatic heterocycles.